The van der Waals surface area contributed by atoms with Crippen molar-refractivity contribution in [2.24, 2.45) is 0 Å². The summed E-state index contributed by atoms with van der Waals surface area (Å²) in [5.74, 6) is -0.428. The quantitative estimate of drug-likeness (QED) is 0.857. The summed E-state index contributed by atoms with van der Waals surface area (Å²) in [4.78, 5) is 11.8. The second kappa shape index (κ2) is 6.57. The Bertz CT molecular complexity index is 492. The van der Waals surface area contributed by atoms with E-state index in [0.717, 1.165) is 12.0 Å². The summed E-state index contributed by atoms with van der Waals surface area (Å²) in [6.07, 6.45) is 1.21. The van der Waals surface area contributed by atoms with Gasteiger partial charge in [-0.15, -0.1) is 0 Å². The third-order valence-electron chi connectivity index (χ3n) is 3.47. The van der Waals surface area contributed by atoms with Crippen LogP contribution in [0.15, 0.2) is 41.7 Å². The molecule has 0 aromatic heterocycles. The van der Waals surface area contributed by atoms with Gasteiger partial charge in [0.1, 0.15) is 11.3 Å². The van der Waals surface area contributed by atoms with E-state index < -0.39 is 12.1 Å². The van der Waals surface area contributed by atoms with Gasteiger partial charge >= 0.3 is 5.97 Å². The summed E-state index contributed by atoms with van der Waals surface area (Å²) in [5, 5.41) is 10.2. The van der Waals surface area contributed by atoms with Crippen LogP contribution in [0.2, 0.25) is 0 Å². The molecule has 4 nitrogen and oxygen atoms in total. The minimum absolute atomic E-state index is 0.0791. The smallest absolute Gasteiger partial charge is 0.339 e. The minimum atomic E-state index is -0.507. The molecule has 20 heavy (non-hydrogen) atoms. The number of aliphatic hydroxyl groups excluding tert-OH is 1. The van der Waals surface area contributed by atoms with Gasteiger partial charge in [-0.25, -0.2) is 4.79 Å². The molecule has 2 atom stereocenters. The van der Waals surface area contributed by atoms with E-state index >= 15 is 0 Å². The highest BCUT2D eigenvalue weighted by Crippen LogP contribution is 2.36. The van der Waals surface area contributed by atoms with Gasteiger partial charge in [-0.05, 0) is 12.0 Å². The Balaban J connectivity index is 2.28. The molecule has 0 spiro atoms. The molecule has 1 aromatic rings. The van der Waals surface area contributed by atoms with Gasteiger partial charge in [-0.2, -0.15) is 0 Å². The lowest BCUT2D eigenvalue weighted by Gasteiger charge is -2.31. The van der Waals surface area contributed by atoms with Crippen LogP contribution in [0.4, 0.5) is 0 Å². The summed E-state index contributed by atoms with van der Waals surface area (Å²) >= 11 is 0. The minimum Gasteiger partial charge on any atom is -0.512 e. The number of esters is 1. The second-order valence-electron chi connectivity index (χ2n) is 4.87. The van der Waals surface area contributed by atoms with Crippen molar-refractivity contribution in [3.05, 3.63) is 47.2 Å². The van der Waals surface area contributed by atoms with Gasteiger partial charge in [0.25, 0.3) is 0 Å². The van der Waals surface area contributed by atoms with Crippen molar-refractivity contribution in [3.8, 4) is 0 Å². The summed E-state index contributed by atoms with van der Waals surface area (Å²) in [6.45, 7) is 2.02. The monoisotopic (exact) mass is 276 g/mol. The first-order valence-corrected chi connectivity index (χ1v) is 6.88. The van der Waals surface area contributed by atoms with Crippen LogP contribution < -0.4 is 0 Å². The molecule has 2 rings (SSSR count). The molecule has 0 saturated heterocycles. The molecule has 4 heteroatoms. The Morgan fingerprint density at radius 3 is 2.70 bits per heavy atom. The normalized spacial score (nSPS) is 22.7. The highest BCUT2D eigenvalue weighted by atomic mass is 16.5. The predicted molar refractivity (Wildman–Crippen MR) is 75.3 cm³/mol. The molecule has 1 N–H and O–H groups in total. The largest absolute Gasteiger partial charge is 0.512 e. The van der Waals surface area contributed by atoms with Crippen molar-refractivity contribution in [1.29, 1.82) is 0 Å². The molecule has 1 heterocycles. The number of benzene rings is 1. The maximum Gasteiger partial charge on any atom is 0.339 e. The molecule has 0 fully saturated rings. The van der Waals surface area contributed by atoms with E-state index in [4.69, 9.17) is 9.47 Å². The van der Waals surface area contributed by atoms with Gasteiger partial charge < -0.3 is 14.6 Å². The number of hydrogen-bond donors (Lipinski definition) is 1. The number of carbonyl (C=O) groups is 1. The topological polar surface area (TPSA) is 55.8 Å². The first-order valence-electron chi connectivity index (χ1n) is 6.88. The van der Waals surface area contributed by atoms with Gasteiger partial charge in [-0.3, -0.25) is 0 Å². The van der Waals surface area contributed by atoms with Crippen LogP contribution in [-0.4, -0.2) is 24.3 Å². The Morgan fingerprint density at radius 2 is 2.10 bits per heavy atom. The SMILES string of the molecule is CCC[C@@H]1O[C@H](c2ccccc2)CC(O)=C1C(=O)OC. The Morgan fingerprint density at radius 1 is 1.40 bits per heavy atom. The van der Waals surface area contributed by atoms with Crippen molar-refractivity contribution >= 4 is 5.97 Å². The first kappa shape index (κ1) is 14.6. The van der Waals surface area contributed by atoms with Gasteiger partial charge in [0.05, 0.1) is 19.3 Å². The molecule has 0 radical (unpaired) electrons. The van der Waals surface area contributed by atoms with Gasteiger partial charge in [0.15, 0.2) is 0 Å². The fourth-order valence-corrected chi connectivity index (χ4v) is 2.48. The van der Waals surface area contributed by atoms with Crippen LogP contribution in [0, 0.1) is 0 Å². The Labute approximate surface area is 119 Å². The van der Waals surface area contributed by atoms with E-state index in [1.807, 2.05) is 37.3 Å². The highest BCUT2D eigenvalue weighted by molar-refractivity contribution is 5.90. The molecule has 0 aliphatic carbocycles. The van der Waals surface area contributed by atoms with E-state index in [9.17, 15) is 9.90 Å². The summed E-state index contributed by atoms with van der Waals surface area (Å²) < 4.78 is 10.7. The lowest BCUT2D eigenvalue weighted by atomic mass is 9.94. The molecule has 0 saturated carbocycles. The molecule has 0 unspecified atom stereocenters. The van der Waals surface area contributed by atoms with Crippen LogP contribution in [0.3, 0.4) is 0 Å². The van der Waals surface area contributed by atoms with Crippen molar-refractivity contribution in [2.45, 2.75) is 38.4 Å². The second-order valence-corrected chi connectivity index (χ2v) is 4.87. The van der Waals surface area contributed by atoms with E-state index in [-0.39, 0.29) is 17.4 Å². The molecule has 1 aromatic carbocycles. The van der Waals surface area contributed by atoms with Crippen molar-refractivity contribution in [3.63, 3.8) is 0 Å². The number of carbonyl (C=O) groups excluding carboxylic acids is 1. The molecule has 1 aliphatic rings. The third kappa shape index (κ3) is 3.02. The van der Waals surface area contributed by atoms with Crippen LogP contribution >= 0.6 is 0 Å². The van der Waals surface area contributed by atoms with Crippen LogP contribution in [-0.2, 0) is 14.3 Å². The first-order chi connectivity index (χ1) is 9.67. The Hall–Kier alpha value is -1.81. The molecule has 108 valence electrons. The Kier molecular flexibility index (Phi) is 4.79. The number of methoxy groups -OCH3 is 1. The fourth-order valence-electron chi connectivity index (χ4n) is 2.48. The zero-order valence-corrected chi connectivity index (χ0v) is 11.8. The number of aliphatic hydroxyl groups is 1. The average molecular weight is 276 g/mol. The van der Waals surface area contributed by atoms with Crippen LogP contribution in [0.5, 0.6) is 0 Å². The summed E-state index contributed by atoms with van der Waals surface area (Å²) in [7, 11) is 1.31. The van der Waals surface area contributed by atoms with Crippen molar-refractivity contribution < 1.29 is 19.4 Å². The zero-order valence-electron chi connectivity index (χ0n) is 11.8. The lowest BCUT2D eigenvalue weighted by Crippen LogP contribution is -2.30. The third-order valence-corrected chi connectivity index (χ3v) is 3.47. The lowest BCUT2D eigenvalue weighted by molar-refractivity contribution is -0.139. The maximum absolute atomic E-state index is 11.8. The zero-order chi connectivity index (χ0) is 14.5. The summed E-state index contributed by atoms with van der Waals surface area (Å²) in [5.41, 5.74) is 1.27. The molecule has 0 bridgehead atoms. The van der Waals surface area contributed by atoms with Gasteiger partial charge in [0.2, 0.25) is 0 Å². The molecule has 0 amide bonds. The summed E-state index contributed by atoms with van der Waals surface area (Å²) in [6, 6.07) is 9.73. The maximum atomic E-state index is 11.8. The van der Waals surface area contributed by atoms with Crippen molar-refractivity contribution in [2.75, 3.05) is 7.11 Å². The van der Waals surface area contributed by atoms with E-state index in [1.165, 1.54) is 7.11 Å². The standard InChI is InChI=1S/C16H20O4/c1-3-7-13-15(16(18)19-2)12(17)10-14(20-13)11-8-5-4-6-9-11/h4-6,8-9,13-14,17H,3,7,10H2,1-2H3/t13-,14-/m0/s1. The van der Waals surface area contributed by atoms with Crippen LogP contribution in [0.1, 0.15) is 37.9 Å². The van der Waals surface area contributed by atoms with E-state index in [0.29, 0.717) is 12.8 Å². The van der Waals surface area contributed by atoms with E-state index in [2.05, 4.69) is 0 Å². The molecular formula is C16H20O4. The predicted octanol–water partition coefficient (Wildman–Crippen LogP) is 3.30. The van der Waals surface area contributed by atoms with Gasteiger partial charge in [-0.1, -0.05) is 43.7 Å². The molecule has 1 aliphatic heterocycles. The van der Waals surface area contributed by atoms with Crippen LogP contribution in [0.25, 0.3) is 0 Å². The average Bonchev–Trinajstić information content (AvgIpc) is 2.47. The highest BCUT2D eigenvalue weighted by Gasteiger charge is 2.34. The van der Waals surface area contributed by atoms with Crippen molar-refractivity contribution in [1.82, 2.24) is 0 Å². The molecular weight excluding hydrogens is 256 g/mol. The number of hydrogen-bond acceptors (Lipinski definition) is 4. The number of ether oxygens (including phenoxy) is 2. The number of rotatable bonds is 4. The van der Waals surface area contributed by atoms with Gasteiger partial charge in [0, 0.05) is 6.42 Å². The van der Waals surface area contributed by atoms with E-state index in [1.54, 1.807) is 0 Å². The fraction of sp³-hybridized carbons (Fsp3) is 0.438.